The summed E-state index contributed by atoms with van der Waals surface area (Å²) in [6.45, 7) is 2.95. The van der Waals surface area contributed by atoms with E-state index in [4.69, 9.17) is 0 Å². The van der Waals surface area contributed by atoms with Crippen molar-refractivity contribution >= 4 is 5.69 Å². The summed E-state index contributed by atoms with van der Waals surface area (Å²) in [4.78, 5) is 21.3. The highest BCUT2D eigenvalue weighted by Crippen LogP contribution is 2.00. The van der Waals surface area contributed by atoms with E-state index in [1.165, 1.54) is 25.3 Å². The second-order valence-corrected chi connectivity index (χ2v) is 3.24. The van der Waals surface area contributed by atoms with Gasteiger partial charge in [0.25, 0.3) is 0 Å². The molecule has 0 aliphatic carbocycles. The number of unbranched alkanes of at least 4 members (excludes halogenated alkanes) is 3. The van der Waals surface area contributed by atoms with Crippen LogP contribution in [-0.4, -0.2) is 6.54 Å². The van der Waals surface area contributed by atoms with Gasteiger partial charge in [-0.15, -0.1) is 0 Å². The first-order chi connectivity index (χ1) is 6.25. The maximum absolute atomic E-state index is 10.8. The Hall–Kier alpha value is -1.12. The molecule has 72 valence electrons. The minimum absolute atomic E-state index is 0.365. The molecule has 0 saturated carbocycles. The lowest BCUT2D eigenvalue weighted by Gasteiger charge is -2.05. The quantitative estimate of drug-likeness (QED) is 0.531. The molecule has 0 aromatic heterocycles. The predicted molar refractivity (Wildman–Crippen MR) is 54.0 cm³/mol. The van der Waals surface area contributed by atoms with Gasteiger partial charge in [-0.25, -0.2) is 0 Å². The molecule has 3 nitrogen and oxygen atoms in total. The third kappa shape index (κ3) is 2.68. The van der Waals surface area contributed by atoms with E-state index in [0.29, 0.717) is 5.69 Å². The lowest BCUT2D eigenvalue weighted by atomic mass is 10.2. The fourth-order valence-electron chi connectivity index (χ4n) is 1.22. The van der Waals surface area contributed by atoms with E-state index in [1.54, 1.807) is 0 Å². The van der Waals surface area contributed by atoms with Crippen LogP contribution in [-0.2, 0) is 0 Å². The Labute approximate surface area is 77.5 Å². The Balaban J connectivity index is 2.12. The minimum atomic E-state index is -0.379. The average Bonchev–Trinajstić information content (AvgIpc) is 2.15. The second-order valence-electron chi connectivity index (χ2n) is 3.24. The summed E-state index contributed by atoms with van der Waals surface area (Å²) in [6.07, 6.45) is 4.68. The van der Waals surface area contributed by atoms with Gasteiger partial charge >= 0.3 is 0 Å². The van der Waals surface area contributed by atoms with Gasteiger partial charge in [0.05, 0.1) is 5.69 Å². The normalized spacial score (nSPS) is 10.5. The molecule has 0 bridgehead atoms. The van der Waals surface area contributed by atoms with Crippen LogP contribution < -0.4 is 16.2 Å². The maximum atomic E-state index is 10.8. The molecule has 3 heteroatoms. The number of hydrogen-bond donors (Lipinski definition) is 1. The van der Waals surface area contributed by atoms with Gasteiger partial charge in [0, 0.05) is 12.6 Å². The Morgan fingerprint density at radius 2 is 2.00 bits per heavy atom. The first kappa shape index (κ1) is 9.96. The lowest BCUT2D eigenvalue weighted by Crippen LogP contribution is -2.32. The number of rotatable bonds is 6. The van der Waals surface area contributed by atoms with Crippen molar-refractivity contribution in [3.05, 3.63) is 26.5 Å². The van der Waals surface area contributed by atoms with Gasteiger partial charge in [0.2, 0.25) is 10.9 Å². The molecule has 0 fully saturated rings. The molecule has 0 unspecified atom stereocenters. The summed E-state index contributed by atoms with van der Waals surface area (Å²) in [5, 5.41) is 2.95. The highest BCUT2D eigenvalue weighted by Gasteiger charge is 2.06. The summed E-state index contributed by atoms with van der Waals surface area (Å²) in [5.41, 5.74) is -0.256. The summed E-state index contributed by atoms with van der Waals surface area (Å²) in [6, 6.07) is 1.36. The SMILES string of the molecule is CCCCCCNc1cc(=O)c1=O. The van der Waals surface area contributed by atoms with E-state index in [0.717, 1.165) is 13.0 Å². The molecule has 13 heavy (non-hydrogen) atoms. The average molecular weight is 181 g/mol. The van der Waals surface area contributed by atoms with Crippen LogP contribution in [0.2, 0.25) is 0 Å². The van der Waals surface area contributed by atoms with Crippen LogP contribution in [0.3, 0.4) is 0 Å². The molecule has 0 atom stereocenters. The lowest BCUT2D eigenvalue weighted by molar-refractivity contribution is 0.684. The number of hydrogen-bond acceptors (Lipinski definition) is 3. The Kier molecular flexibility index (Phi) is 3.68. The Morgan fingerprint density at radius 3 is 2.54 bits per heavy atom. The summed E-state index contributed by atoms with van der Waals surface area (Å²) in [5.74, 6) is 0. The topological polar surface area (TPSA) is 46.2 Å². The monoisotopic (exact) mass is 181 g/mol. The van der Waals surface area contributed by atoms with Crippen molar-refractivity contribution in [1.29, 1.82) is 0 Å². The van der Waals surface area contributed by atoms with E-state index in [-0.39, 0.29) is 10.9 Å². The summed E-state index contributed by atoms with van der Waals surface area (Å²) in [7, 11) is 0. The zero-order valence-electron chi connectivity index (χ0n) is 7.93. The maximum Gasteiger partial charge on any atom is 0.248 e. The Bertz CT molecular complexity index is 323. The van der Waals surface area contributed by atoms with Gasteiger partial charge < -0.3 is 5.32 Å². The molecular formula is C10H15NO2. The van der Waals surface area contributed by atoms with Crippen molar-refractivity contribution < 1.29 is 0 Å². The van der Waals surface area contributed by atoms with Gasteiger partial charge in [0.1, 0.15) is 0 Å². The van der Waals surface area contributed by atoms with Crippen molar-refractivity contribution in [2.75, 3.05) is 11.9 Å². The Morgan fingerprint density at radius 1 is 1.23 bits per heavy atom. The highest BCUT2D eigenvalue weighted by molar-refractivity contribution is 5.46. The molecule has 0 aliphatic heterocycles. The number of nitrogens with one attached hydrogen (secondary N) is 1. The third-order valence-corrected chi connectivity index (χ3v) is 2.09. The smallest absolute Gasteiger partial charge is 0.248 e. The van der Waals surface area contributed by atoms with Gasteiger partial charge in [-0.05, 0) is 6.42 Å². The van der Waals surface area contributed by atoms with Crippen molar-refractivity contribution in [2.24, 2.45) is 0 Å². The first-order valence-electron chi connectivity index (χ1n) is 4.80. The van der Waals surface area contributed by atoms with Gasteiger partial charge in [-0.3, -0.25) is 9.59 Å². The van der Waals surface area contributed by atoms with Gasteiger partial charge in [0.15, 0.2) is 0 Å². The molecule has 1 aromatic rings. The third-order valence-electron chi connectivity index (χ3n) is 2.09. The molecule has 0 heterocycles. The van der Waals surface area contributed by atoms with Gasteiger partial charge in [-0.2, -0.15) is 0 Å². The molecule has 0 amide bonds. The molecule has 1 rings (SSSR count). The van der Waals surface area contributed by atoms with E-state index in [1.807, 2.05) is 0 Å². The summed E-state index contributed by atoms with van der Waals surface area (Å²) >= 11 is 0. The van der Waals surface area contributed by atoms with E-state index < -0.39 is 0 Å². The van der Waals surface area contributed by atoms with E-state index >= 15 is 0 Å². The van der Waals surface area contributed by atoms with Crippen molar-refractivity contribution in [3.8, 4) is 0 Å². The van der Waals surface area contributed by atoms with Crippen molar-refractivity contribution in [1.82, 2.24) is 0 Å². The number of anilines is 1. The summed E-state index contributed by atoms with van der Waals surface area (Å²) < 4.78 is 0. The zero-order chi connectivity index (χ0) is 9.68. The standard InChI is InChI=1S/C10H15NO2/c1-2-3-4-5-6-11-8-7-9(12)10(8)13/h7,11H,2-6H2,1H3. The van der Waals surface area contributed by atoms with Crippen molar-refractivity contribution in [2.45, 2.75) is 32.6 Å². The van der Waals surface area contributed by atoms with E-state index in [2.05, 4.69) is 12.2 Å². The second kappa shape index (κ2) is 4.80. The molecule has 0 saturated heterocycles. The van der Waals surface area contributed by atoms with Crippen molar-refractivity contribution in [3.63, 3.8) is 0 Å². The molecule has 1 N–H and O–H groups in total. The fourth-order valence-corrected chi connectivity index (χ4v) is 1.22. The molecule has 0 radical (unpaired) electrons. The van der Waals surface area contributed by atoms with Crippen LogP contribution >= 0.6 is 0 Å². The van der Waals surface area contributed by atoms with Gasteiger partial charge in [-0.1, -0.05) is 26.2 Å². The molecule has 0 spiro atoms. The van der Waals surface area contributed by atoms with Crippen LogP contribution in [0.15, 0.2) is 15.7 Å². The largest absolute Gasteiger partial charge is 0.382 e. The fraction of sp³-hybridized carbons (Fsp3) is 0.600. The molecular weight excluding hydrogens is 166 g/mol. The molecule has 1 aromatic carbocycles. The predicted octanol–water partition coefficient (Wildman–Crippen LogP) is 1.27. The van der Waals surface area contributed by atoms with E-state index in [9.17, 15) is 9.59 Å². The van der Waals surface area contributed by atoms with Crippen LogP contribution in [0.1, 0.15) is 32.6 Å². The minimum Gasteiger partial charge on any atom is -0.382 e. The zero-order valence-corrected chi connectivity index (χ0v) is 7.93. The van der Waals surface area contributed by atoms with Crippen LogP contribution in [0, 0.1) is 0 Å². The first-order valence-corrected chi connectivity index (χ1v) is 4.80. The van der Waals surface area contributed by atoms with Crippen LogP contribution in [0.5, 0.6) is 0 Å². The molecule has 0 aliphatic rings. The highest BCUT2D eigenvalue weighted by atomic mass is 16.2. The van der Waals surface area contributed by atoms with Crippen LogP contribution in [0.25, 0.3) is 0 Å². The van der Waals surface area contributed by atoms with Crippen LogP contribution in [0.4, 0.5) is 5.69 Å².